The van der Waals surface area contributed by atoms with Gasteiger partial charge < -0.3 is 18.4 Å². The summed E-state index contributed by atoms with van der Waals surface area (Å²) >= 11 is 6.34. The Labute approximate surface area is 214 Å². The molecule has 9 nitrogen and oxygen atoms in total. The predicted octanol–water partition coefficient (Wildman–Crippen LogP) is 4.60. The van der Waals surface area contributed by atoms with Crippen LogP contribution in [-0.4, -0.2) is 41.4 Å². The fraction of sp³-hybridized carbons (Fsp3) is 0.200. The maximum absolute atomic E-state index is 12.7. The van der Waals surface area contributed by atoms with Gasteiger partial charge >= 0.3 is 10.1 Å². The van der Waals surface area contributed by atoms with E-state index < -0.39 is 16.0 Å². The number of hydrazone groups is 1. The number of nitrogens with one attached hydrogen (secondary N) is 1. The molecular formula is C25H25ClN2O7S. The molecule has 0 unspecified atom stereocenters. The highest BCUT2D eigenvalue weighted by molar-refractivity contribution is 7.87. The number of hydrogen-bond acceptors (Lipinski definition) is 8. The topological polar surface area (TPSA) is 113 Å². The summed E-state index contributed by atoms with van der Waals surface area (Å²) in [6.07, 6.45) is 1.34. The van der Waals surface area contributed by atoms with E-state index in [9.17, 15) is 13.2 Å². The van der Waals surface area contributed by atoms with Crippen molar-refractivity contribution >= 4 is 33.8 Å². The summed E-state index contributed by atoms with van der Waals surface area (Å²) in [5.41, 5.74) is 4.06. The number of methoxy groups -OCH3 is 2. The summed E-state index contributed by atoms with van der Waals surface area (Å²) in [4.78, 5) is 12.4. The number of hydrogen-bond donors (Lipinski definition) is 1. The second kappa shape index (κ2) is 11.8. The average molecular weight is 533 g/mol. The lowest BCUT2D eigenvalue weighted by atomic mass is 10.2. The molecule has 3 rings (SSSR count). The lowest BCUT2D eigenvalue weighted by Crippen LogP contribution is -2.17. The standard InChI is InChI=1S/C25H25ClN2O7S/c1-5-34-23-13-17(15-27-28-25(29)18-8-11-21(32-3)22(14-18)33-4)12-20(26)24(23)35-36(30,31)19-9-6-16(2)7-10-19/h6-15H,5H2,1-4H3,(H,28,29)/b27-15+. The highest BCUT2D eigenvalue weighted by Crippen LogP contribution is 2.38. The first-order valence-corrected chi connectivity index (χ1v) is 12.5. The van der Waals surface area contributed by atoms with Gasteiger partial charge in [-0.25, -0.2) is 5.43 Å². The lowest BCUT2D eigenvalue weighted by Gasteiger charge is -2.14. The monoisotopic (exact) mass is 532 g/mol. The van der Waals surface area contributed by atoms with Gasteiger partial charge in [-0.1, -0.05) is 29.3 Å². The van der Waals surface area contributed by atoms with Crippen molar-refractivity contribution in [3.05, 3.63) is 76.3 Å². The zero-order chi connectivity index (χ0) is 26.3. The van der Waals surface area contributed by atoms with Gasteiger partial charge in [-0.3, -0.25) is 4.79 Å². The highest BCUT2D eigenvalue weighted by Gasteiger charge is 2.22. The van der Waals surface area contributed by atoms with E-state index in [0.29, 0.717) is 22.6 Å². The second-order valence-corrected chi connectivity index (χ2v) is 9.34. The number of aryl methyl sites for hydroxylation is 1. The largest absolute Gasteiger partial charge is 0.493 e. The number of amides is 1. The third-order valence-corrected chi connectivity index (χ3v) is 6.38. The van der Waals surface area contributed by atoms with Crippen LogP contribution in [-0.2, 0) is 10.1 Å². The summed E-state index contributed by atoms with van der Waals surface area (Å²) in [6.45, 7) is 3.81. The Morgan fingerprint density at radius 1 is 1.00 bits per heavy atom. The van der Waals surface area contributed by atoms with Crippen molar-refractivity contribution in [3.63, 3.8) is 0 Å². The first-order chi connectivity index (χ1) is 17.2. The van der Waals surface area contributed by atoms with E-state index in [1.165, 1.54) is 50.8 Å². The number of carbonyl (C=O) groups is 1. The van der Waals surface area contributed by atoms with Gasteiger partial charge in [0.15, 0.2) is 17.2 Å². The van der Waals surface area contributed by atoms with Gasteiger partial charge in [0.2, 0.25) is 5.75 Å². The van der Waals surface area contributed by atoms with Crippen molar-refractivity contribution in [1.29, 1.82) is 0 Å². The molecule has 36 heavy (non-hydrogen) atoms. The van der Waals surface area contributed by atoms with Gasteiger partial charge in [0, 0.05) is 5.56 Å². The van der Waals surface area contributed by atoms with E-state index in [1.54, 1.807) is 31.2 Å². The minimum absolute atomic E-state index is 0.00990. The third kappa shape index (κ3) is 6.46. The van der Waals surface area contributed by atoms with Crippen LogP contribution in [0.25, 0.3) is 0 Å². The van der Waals surface area contributed by atoms with Crippen molar-refractivity contribution < 1.29 is 31.6 Å². The van der Waals surface area contributed by atoms with E-state index >= 15 is 0 Å². The smallest absolute Gasteiger partial charge is 0.339 e. The van der Waals surface area contributed by atoms with Crippen LogP contribution in [0.5, 0.6) is 23.0 Å². The molecule has 11 heteroatoms. The lowest BCUT2D eigenvalue weighted by molar-refractivity contribution is 0.0954. The first-order valence-electron chi connectivity index (χ1n) is 10.7. The van der Waals surface area contributed by atoms with Crippen LogP contribution in [0, 0.1) is 6.92 Å². The van der Waals surface area contributed by atoms with Crippen LogP contribution in [0.1, 0.15) is 28.4 Å². The number of rotatable bonds is 10. The van der Waals surface area contributed by atoms with Gasteiger partial charge in [-0.15, -0.1) is 0 Å². The van der Waals surface area contributed by atoms with Crippen LogP contribution in [0.2, 0.25) is 5.02 Å². The number of halogens is 1. The Hall–Kier alpha value is -3.76. The molecular weight excluding hydrogens is 508 g/mol. The molecule has 0 fully saturated rings. The van der Waals surface area contributed by atoms with E-state index in [-0.39, 0.29) is 28.0 Å². The molecule has 0 radical (unpaired) electrons. The van der Waals surface area contributed by atoms with Gasteiger partial charge in [0.05, 0.1) is 32.1 Å². The summed E-state index contributed by atoms with van der Waals surface area (Å²) in [6, 6.07) is 13.9. The Morgan fingerprint density at radius 3 is 2.33 bits per heavy atom. The van der Waals surface area contributed by atoms with Crippen molar-refractivity contribution in [1.82, 2.24) is 5.43 Å². The van der Waals surface area contributed by atoms with Crippen molar-refractivity contribution in [2.75, 3.05) is 20.8 Å². The maximum atomic E-state index is 12.7. The molecule has 1 amide bonds. The number of nitrogens with zero attached hydrogens (tertiary/aromatic N) is 1. The molecule has 0 aliphatic carbocycles. The molecule has 0 aliphatic rings. The number of ether oxygens (including phenoxy) is 3. The summed E-state index contributed by atoms with van der Waals surface area (Å²) in [5.74, 6) is 0.368. The molecule has 1 N–H and O–H groups in total. The van der Waals surface area contributed by atoms with Crippen LogP contribution in [0.3, 0.4) is 0 Å². The highest BCUT2D eigenvalue weighted by atomic mass is 35.5. The maximum Gasteiger partial charge on any atom is 0.339 e. The molecule has 0 aliphatic heterocycles. The number of benzene rings is 3. The molecule has 0 heterocycles. The van der Waals surface area contributed by atoms with Crippen molar-refractivity contribution in [2.45, 2.75) is 18.7 Å². The normalized spacial score (nSPS) is 11.2. The number of carbonyl (C=O) groups excluding carboxylic acids is 1. The molecule has 3 aromatic carbocycles. The molecule has 0 saturated carbocycles. The Kier molecular flexibility index (Phi) is 8.78. The zero-order valence-corrected chi connectivity index (χ0v) is 21.6. The molecule has 0 spiro atoms. The molecule has 3 aromatic rings. The van der Waals surface area contributed by atoms with Crippen LogP contribution >= 0.6 is 11.6 Å². The van der Waals surface area contributed by atoms with Gasteiger partial charge in [-0.05, 0) is 61.9 Å². The molecule has 0 atom stereocenters. The summed E-state index contributed by atoms with van der Waals surface area (Å²) in [5, 5.41) is 3.94. The quantitative estimate of drug-likeness (QED) is 0.231. The molecule has 0 saturated heterocycles. The van der Waals surface area contributed by atoms with E-state index in [2.05, 4.69) is 10.5 Å². The second-order valence-electron chi connectivity index (χ2n) is 7.38. The van der Waals surface area contributed by atoms with Gasteiger partial charge in [-0.2, -0.15) is 13.5 Å². The summed E-state index contributed by atoms with van der Waals surface area (Å²) in [7, 11) is -1.18. The zero-order valence-electron chi connectivity index (χ0n) is 20.1. The first kappa shape index (κ1) is 26.8. The summed E-state index contributed by atoms with van der Waals surface area (Å²) < 4.78 is 46.7. The van der Waals surface area contributed by atoms with Crippen LogP contribution < -0.4 is 23.8 Å². The Balaban J connectivity index is 1.80. The van der Waals surface area contributed by atoms with Crippen molar-refractivity contribution in [2.24, 2.45) is 5.10 Å². The predicted molar refractivity (Wildman–Crippen MR) is 136 cm³/mol. The van der Waals surface area contributed by atoms with E-state index in [0.717, 1.165) is 5.56 Å². The minimum atomic E-state index is -4.15. The van der Waals surface area contributed by atoms with Crippen LogP contribution in [0.4, 0.5) is 0 Å². The van der Waals surface area contributed by atoms with E-state index in [1.807, 2.05) is 6.92 Å². The molecule has 190 valence electrons. The Bertz CT molecular complexity index is 1370. The van der Waals surface area contributed by atoms with Gasteiger partial charge in [0.1, 0.15) is 4.90 Å². The fourth-order valence-corrected chi connectivity index (χ4v) is 4.34. The minimum Gasteiger partial charge on any atom is -0.493 e. The molecule has 0 aromatic heterocycles. The van der Waals surface area contributed by atoms with Crippen molar-refractivity contribution in [3.8, 4) is 23.0 Å². The molecule has 0 bridgehead atoms. The third-order valence-electron chi connectivity index (χ3n) is 4.86. The average Bonchev–Trinajstić information content (AvgIpc) is 2.86. The van der Waals surface area contributed by atoms with Crippen LogP contribution in [0.15, 0.2) is 64.6 Å². The fourth-order valence-electron chi connectivity index (χ4n) is 3.08. The van der Waals surface area contributed by atoms with E-state index in [4.69, 9.17) is 30.0 Å². The Morgan fingerprint density at radius 2 is 1.69 bits per heavy atom. The van der Waals surface area contributed by atoms with Gasteiger partial charge in [0.25, 0.3) is 5.91 Å². The SMILES string of the molecule is CCOc1cc(/C=N/NC(=O)c2ccc(OC)c(OC)c2)cc(Cl)c1OS(=O)(=O)c1ccc(C)cc1.